The van der Waals surface area contributed by atoms with Gasteiger partial charge in [0.05, 0.1) is 11.3 Å². The van der Waals surface area contributed by atoms with Gasteiger partial charge in [0.1, 0.15) is 5.82 Å². The molecule has 1 aliphatic heterocycles. The highest BCUT2D eigenvalue weighted by molar-refractivity contribution is 6.30. The fraction of sp³-hybridized carbons (Fsp3) is 0.280. The van der Waals surface area contributed by atoms with E-state index in [0.29, 0.717) is 35.3 Å². The molecule has 7 heteroatoms. The van der Waals surface area contributed by atoms with Crippen LogP contribution < -0.4 is 10.9 Å². The van der Waals surface area contributed by atoms with Crippen LogP contribution in [0.1, 0.15) is 40.2 Å². The van der Waals surface area contributed by atoms with Crippen LogP contribution in [-0.4, -0.2) is 28.5 Å². The molecule has 0 bridgehead atoms. The lowest BCUT2D eigenvalue weighted by atomic mass is 9.89. The predicted molar refractivity (Wildman–Crippen MR) is 125 cm³/mol. The number of nitrogens with one attached hydrogen (secondary N) is 1. The highest BCUT2D eigenvalue weighted by Crippen LogP contribution is 2.30. The third kappa shape index (κ3) is 4.70. The highest BCUT2D eigenvalue weighted by Gasteiger charge is 2.26. The van der Waals surface area contributed by atoms with E-state index in [-0.39, 0.29) is 17.3 Å². The molecular formula is C25H25ClFN3O2. The highest BCUT2D eigenvalue weighted by atomic mass is 35.5. The number of anilines is 2. The number of aryl methyl sites for hydroxylation is 2. The van der Waals surface area contributed by atoms with Gasteiger partial charge in [-0.3, -0.25) is 9.59 Å². The van der Waals surface area contributed by atoms with E-state index in [2.05, 4.69) is 5.32 Å². The number of piperidine rings is 1. The fourth-order valence-electron chi connectivity index (χ4n) is 4.14. The van der Waals surface area contributed by atoms with Crippen molar-refractivity contribution in [1.29, 1.82) is 0 Å². The van der Waals surface area contributed by atoms with Crippen LogP contribution >= 0.6 is 11.6 Å². The topological polar surface area (TPSA) is 54.3 Å². The summed E-state index contributed by atoms with van der Waals surface area (Å²) in [7, 11) is 1.64. The molecule has 1 saturated heterocycles. The molecule has 0 radical (unpaired) electrons. The lowest BCUT2D eigenvalue weighted by Crippen LogP contribution is -2.38. The molecule has 4 rings (SSSR count). The van der Waals surface area contributed by atoms with Crippen LogP contribution in [-0.2, 0) is 7.05 Å². The predicted octanol–water partition coefficient (Wildman–Crippen LogP) is 5.25. The summed E-state index contributed by atoms with van der Waals surface area (Å²) >= 11 is 6.05. The van der Waals surface area contributed by atoms with Gasteiger partial charge in [0, 0.05) is 43.1 Å². The summed E-state index contributed by atoms with van der Waals surface area (Å²) in [4.78, 5) is 27.5. The average molecular weight is 454 g/mol. The largest absolute Gasteiger partial charge is 0.354 e. The fourth-order valence-corrected chi connectivity index (χ4v) is 4.36. The number of carbonyl (C=O) groups excluding carboxylic acids is 1. The van der Waals surface area contributed by atoms with Gasteiger partial charge in [0.25, 0.3) is 11.5 Å². The summed E-state index contributed by atoms with van der Waals surface area (Å²) in [6.45, 7) is 3.11. The van der Waals surface area contributed by atoms with E-state index < -0.39 is 0 Å². The Labute approximate surface area is 191 Å². The molecule has 2 heterocycles. The van der Waals surface area contributed by atoms with E-state index in [4.69, 9.17) is 11.6 Å². The minimum atomic E-state index is -0.244. The van der Waals surface area contributed by atoms with Crippen molar-refractivity contribution in [3.63, 3.8) is 0 Å². The molecule has 2 aromatic carbocycles. The lowest BCUT2D eigenvalue weighted by Gasteiger charge is -2.32. The SMILES string of the molecule is Cc1cc(Cl)ccc1Nc1cc(=O)n(C)cc1C(=O)N1CCC(c2ccc(F)cc2)CC1. The molecule has 1 fully saturated rings. The van der Waals surface area contributed by atoms with Crippen LogP contribution in [0.5, 0.6) is 0 Å². The number of pyridine rings is 1. The summed E-state index contributed by atoms with van der Waals surface area (Å²) in [5.41, 5.74) is 3.51. The molecule has 0 atom stereocenters. The number of nitrogens with zero attached hydrogens (tertiary/aromatic N) is 2. The van der Waals surface area contributed by atoms with Gasteiger partial charge in [-0.25, -0.2) is 4.39 Å². The monoisotopic (exact) mass is 453 g/mol. The number of hydrogen-bond donors (Lipinski definition) is 1. The van der Waals surface area contributed by atoms with Gasteiger partial charge in [0.15, 0.2) is 0 Å². The van der Waals surface area contributed by atoms with E-state index in [1.54, 1.807) is 19.3 Å². The molecule has 0 saturated carbocycles. The molecule has 1 aliphatic rings. The summed E-state index contributed by atoms with van der Waals surface area (Å²) in [5, 5.41) is 3.86. The summed E-state index contributed by atoms with van der Waals surface area (Å²) < 4.78 is 14.6. The normalized spacial score (nSPS) is 14.4. The second kappa shape index (κ2) is 9.17. The van der Waals surface area contributed by atoms with Gasteiger partial charge in [-0.1, -0.05) is 23.7 Å². The lowest BCUT2D eigenvalue weighted by molar-refractivity contribution is 0.0713. The van der Waals surface area contributed by atoms with E-state index in [0.717, 1.165) is 29.7 Å². The molecule has 32 heavy (non-hydrogen) atoms. The zero-order valence-electron chi connectivity index (χ0n) is 18.1. The Morgan fingerprint density at radius 3 is 2.41 bits per heavy atom. The van der Waals surface area contributed by atoms with Gasteiger partial charge in [-0.15, -0.1) is 0 Å². The minimum Gasteiger partial charge on any atom is -0.354 e. The van der Waals surface area contributed by atoms with E-state index in [1.807, 2.05) is 36.1 Å². The van der Waals surface area contributed by atoms with Crippen molar-refractivity contribution in [2.45, 2.75) is 25.7 Å². The molecular weight excluding hydrogens is 429 g/mol. The van der Waals surface area contributed by atoms with Crippen molar-refractivity contribution in [1.82, 2.24) is 9.47 Å². The maximum Gasteiger partial charge on any atom is 0.257 e. The Balaban J connectivity index is 1.55. The van der Waals surface area contributed by atoms with Gasteiger partial charge in [-0.05, 0) is 67.1 Å². The number of rotatable bonds is 4. The molecule has 0 unspecified atom stereocenters. The molecule has 5 nitrogen and oxygen atoms in total. The molecule has 1 aromatic heterocycles. The smallest absolute Gasteiger partial charge is 0.257 e. The van der Waals surface area contributed by atoms with E-state index >= 15 is 0 Å². The van der Waals surface area contributed by atoms with Gasteiger partial charge < -0.3 is 14.8 Å². The number of likely N-dealkylation sites (tertiary alicyclic amines) is 1. The average Bonchev–Trinajstić information content (AvgIpc) is 2.78. The van der Waals surface area contributed by atoms with Gasteiger partial charge >= 0.3 is 0 Å². The van der Waals surface area contributed by atoms with Crippen LogP contribution in [0, 0.1) is 12.7 Å². The Hall–Kier alpha value is -3.12. The second-order valence-corrected chi connectivity index (χ2v) is 8.69. The zero-order chi connectivity index (χ0) is 22.8. The first-order chi connectivity index (χ1) is 15.3. The van der Waals surface area contributed by atoms with Crippen LogP contribution in [0.4, 0.5) is 15.8 Å². The number of halogens is 2. The number of aromatic nitrogens is 1. The molecule has 1 N–H and O–H groups in total. The quantitative estimate of drug-likeness (QED) is 0.587. The van der Waals surface area contributed by atoms with Crippen LogP contribution in [0.3, 0.4) is 0 Å². The standard InChI is InChI=1S/C25H25ClFN3O2/c1-16-13-19(26)5-8-22(16)28-23-14-24(31)29(2)15-21(23)25(32)30-11-9-18(10-12-30)17-3-6-20(27)7-4-17/h3-8,13-15,18,28H,9-12H2,1-2H3. The number of benzene rings is 2. The minimum absolute atomic E-state index is 0.118. The van der Waals surface area contributed by atoms with Crippen molar-refractivity contribution in [2.75, 3.05) is 18.4 Å². The molecule has 166 valence electrons. The zero-order valence-corrected chi connectivity index (χ0v) is 18.8. The third-order valence-corrected chi connectivity index (χ3v) is 6.28. The Morgan fingerprint density at radius 1 is 1.06 bits per heavy atom. The van der Waals surface area contributed by atoms with Crippen molar-refractivity contribution in [2.24, 2.45) is 7.05 Å². The number of amides is 1. The van der Waals surface area contributed by atoms with E-state index in [1.165, 1.54) is 22.8 Å². The Kier molecular flexibility index (Phi) is 6.33. The maximum absolute atomic E-state index is 13.4. The second-order valence-electron chi connectivity index (χ2n) is 8.25. The van der Waals surface area contributed by atoms with E-state index in [9.17, 15) is 14.0 Å². The molecule has 1 amide bonds. The Bertz CT molecular complexity index is 1200. The van der Waals surface area contributed by atoms with Crippen LogP contribution in [0.25, 0.3) is 0 Å². The van der Waals surface area contributed by atoms with Crippen LogP contribution in [0.15, 0.2) is 59.5 Å². The van der Waals surface area contributed by atoms with Crippen molar-refractivity contribution in [3.8, 4) is 0 Å². The van der Waals surface area contributed by atoms with Crippen molar-refractivity contribution in [3.05, 3.63) is 92.6 Å². The molecule has 0 aliphatic carbocycles. The number of carbonyl (C=O) groups is 1. The Morgan fingerprint density at radius 2 is 1.75 bits per heavy atom. The van der Waals surface area contributed by atoms with Crippen molar-refractivity contribution < 1.29 is 9.18 Å². The summed E-state index contributed by atoms with van der Waals surface area (Å²) in [5.74, 6) is -0.0617. The summed E-state index contributed by atoms with van der Waals surface area (Å²) in [6.07, 6.45) is 3.20. The molecule has 3 aromatic rings. The first-order valence-corrected chi connectivity index (χ1v) is 11.0. The first kappa shape index (κ1) is 22.1. The first-order valence-electron chi connectivity index (χ1n) is 10.6. The number of hydrogen-bond acceptors (Lipinski definition) is 3. The van der Waals surface area contributed by atoms with Crippen LogP contribution in [0.2, 0.25) is 5.02 Å². The third-order valence-electron chi connectivity index (χ3n) is 6.04. The van der Waals surface area contributed by atoms with Gasteiger partial charge in [0.2, 0.25) is 0 Å². The van der Waals surface area contributed by atoms with Crippen molar-refractivity contribution >= 4 is 28.9 Å². The maximum atomic E-state index is 13.4. The summed E-state index contributed by atoms with van der Waals surface area (Å²) in [6, 6.07) is 13.5. The molecule has 0 spiro atoms. The van der Waals surface area contributed by atoms with Gasteiger partial charge in [-0.2, -0.15) is 0 Å².